The van der Waals surface area contributed by atoms with Gasteiger partial charge < -0.3 is 9.64 Å². The van der Waals surface area contributed by atoms with E-state index >= 15 is 0 Å². The van der Waals surface area contributed by atoms with Crippen molar-refractivity contribution in [2.45, 2.75) is 38.3 Å². The number of piperidine rings is 1. The zero-order valence-corrected chi connectivity index (χ0v) is 16.6. The number of carbonyl (C=O) groups excluding carboxylic acids is 1. The Kier molecular flexibility index (Phi) is 6.02. The SMILES string of the molecule is COCCN1CCCn2nc(C3CCCN(Cc4cccnc4)C3)cc2C1=O. The normalized spacial score (nSPS) is 20.8. The molecule has 7 heteroatoms. The fraction of sp³-hybridized carbons (Fsp3) is 0.571. The van der Waals surface area contributed by atoms with Crippen molar-refractivity contribution in [3.8, 4) is 0 Å². The first-order valence-electron chi connectivity index (χ1n) is 10.2. The van der Waals surface area contributed by atoms with Crippen LogP contribution in [0.5, 0.6) is 0 Å². The minimum Gasteiger partial charge on any atom is -0.383 e. The highest BCUT2D eigenvalue weighted by Gasteiger charge is 2.28. The third-order valence-electron chi connectivity index (χ3n) is 5.72. The maximum Gasteiger partial charge on any atom is 0.272 e. The fourth-order valence-electron chi connectivity index (χ4n) is 4.26. The molecule has 1 fully saturated rings. The Labute approximate surface area is 166 Å². The largest absolute Gasteiger partial charge is 0.383 e. The number of rotatable bonds is 6. The molecular formula is C21H29N5O2. The number of pyridine rings is 1. The molecule has 0 N–H and O–H groups in total. The number of methoxy groups -OCH3 is 1. The number of amides is 1. The van der Waals surface area contributed by atoms with E-state index in [0.717, 1.165) is 63.4 Å². The van der Waals surface area contributed by atoms with Crippen LogP contribution >= 0.6 is 0 Å². The van der Waals surface area contributed by atoms with Gasteiger partial charge in [-0.15, -0.1) is 0 Å². The van der Waals surface area contributed by atoms with Gasteiger partial charge in [0.15, 0.2) is 0 Å². The molecule has 2 aromatic heterocycles. The van der Waals surface area contributed by atoms with Gasteiger partial charge in [-0.2, -0.15) is 5.10 Å². The lowest BCUT2D eigenvalue weighted by Crippen LogP contribution is -2.34. The summed E-state index contributed by atoms with van der Waals surface area (Å²) in [6.45, 7) is 5.77. The number of hydrogen-bond donors (Lipinski definition) is 0. The first kappa shape index (κ1) is 19.1. The first-order chi connectivity index (χ1) is 13.7. The van der Waals surface area contributed by atoms with Crippen LogP contribution in [0.15, 0.2) is 30.6 Å². The van der Waals surface area contributed by atoms with E-state index in [9.17, 15) is 4.79 Å². The molecule has 0 saturated carbocycles. The van der Waals surface area contributed by atoms with E-state index in [4.69, 9.17) is 9.84 Å². The highest BCUT2D eigenvalue weighted by molar-refractivity contribution is 5.93. The van der Waals surface area contributed by atoms with E-state index in [1.807, 2.05) is 34.1 Å². The smallest absolute Gasteiger partial charge is 0.272 e. The van der Waals surface area contributed by atoms with Crippen LogP contribution in [0.3, 0.4) is 0 Å². The fourth-order valence-corrected chi connectivity index (χ4v) is 4.26. The highest BCUT2D eigenvalue weighted by Crippen LogP contribution is 2.28. The lowest BCUT2D eigenvalue weighted by atomic mass is 9.94. The van der Waals surface area contributed by atoms with Crippen LogP contribution < -0.4 is 0 Å². The number of likely N-dealkylation sites (tertiary alicyclic amines) is 1. The van der Waals surface area contributed by atoms with E-state index in [1.165, 1.54) is 5.56 Å². The van der Waals surface area contributed by atoms with Gasteiger partial charge in [-0.3, -0.25) is 19.4 Å². The lowest BCUT2D eigenvalue weighted by molar-refractivity contribution is 0.0698. The molecule has 2 aliphatic rings. The Bertz CT molecular complexity index is 791. The zero-order valence-electron chi connectivity index (χ0n) is 16.6. The molecule has 1 saturated heterocycles. The molecule has 1 atom stereocenters. The summed E-state index contributed by atoms with van der Waals surface area (Å²) in [7, 11) is 1.67. The van der Waals surface area contributed by atoms with Gasteiger partial charge in [0.05, 0.1) is 12.3 Å². The number of ether oxygens (including phenoxy) is 1. The van der Waals surface area contributed by atoms with E-state index in [2.05, 4.69) is 16.0 Å². The Balaban J connectivity index is 1.46. The Morgan fingerprint density at radius 3 is 3.00 bits per heavy atom. The molecule has 0 spiro atoms. The van der Waals surface area contributed by atoms with Gasteiger partial charge in [-0.1, -0.05) is 6.07 Å². The third kappa shape index (κ3) is 4.25. The molecule has 1 unspecified atom stereocenters. The molecule has 0 aromatic carbocycles. The number of carbonyl (C=O) groups is 1. The Morgan fingerprint density at radius 1 is 1.25 bits per heavy atom. The summed E-state index contributed by atoms with van der Waals surface area (Å²) in [4.78, 5) is 21.5. The average Bonchev–Trinajstić information content (AvgIpc) is 3.09. The third-order valence-corrected chi connectivity index (χ3v) is 5.72. The van der Waals surface area contributed by atoms with E-state index in [1.54, 1.807) is 7.11 Å². The molecular weight excluding hydrogens is 354 g/mol. The van der Waals surface area contributed by atoms with Gasteiger partial charge in [0.25, 0.3) is 5.91 Å². The molecule has 150 valence electrons. The highest BCUT2D eigenvalue weighted by atomic mass is 16.5. The molecule has 0 radical (unpaired) electrons. The standard InChI is InChI=1S/C21H29N5O2/c1-28-12-11-25-9-4-10-26-20(21(25)27)13-19(23-26)18-6-3-8-24(16-18)15-17-5-2-7-22-14-17/h2,5,7,13-14,18H,3-4,6,8-12,15-16H2,1H3. The van der Waals surface area contributed by atoms with Gasteiger partial charge in [0.1, 0.15) is 5.69 Å². The maximum atomic E-state index is 12.9. The van der Waals surface area contributed by atoms with Crippen molar-refractivity contribution in [1.29, 1.82) is 0 Å². The van der Waals surface area contributed by atoms with Crippen LogP contribution in [0.4, 0.5) is 0 Å². The Hall–Kier alpha value is -2.25. The molecule has 4 heterocycles. The quantitative estimate of drug-likeness (QED) is 0.765. The Morgan fingerprint density at radius 2 is 2.18 bits per heavy atom. The van der Waals surface area contributed by atoms with Crippen molar-refractivity contribution >= 4 is 5.91 Å². The van der Waals surface area contributed by atoms with Crippen molar-refractivity contribution in [2.75, 3.05) is 39.9 Å². The van der Waals surface area contributed by atoms with Crippen LogP contribution in [-0.2, 0) is 17.8 Å². The second kappa shape index (κ2) is 8.84. The van der Waals surface area contributed by atoms with E-state index in [-0.39, 0.29) is 5.91 Å². The van der Waals surface area contributed by atoms with E-state index in [0.29, 0.717) is 19.1 Å². The average molecular weight is 383 g/mol. The van der Waals surface area contributed by atoms with E-state index < -0.39 is 0 Å². The van der Waals surface area contributed by atoms with Gasteiger partial charge in [-0.05, 0) is 43.5 Å². The van der Waals surface area contributed by atoms with Crippen LogP contribution in [-0.4, -0.2) is 70.4 Å². The van der Waals surface area contributed by atoms with Crippen LogP contribution in [0.25, 0.3) is 0 Å². The molecule has 28 heavy (non-hydrogen) atoms. The van der Waals surface area contributed by atoms with Crippen LogP contribution in [0.1, 0.15) is 46.9 Å². The summed E-state index contributed by atoms with van der Waals surface area (Å²) >= 11 is 0. The monoisotopic (exact) mass is 383 g/mol. The molecule has 0 aliphatic carbocycles. The van der Waals surface area contributed by atoms with Crippen molar-refractivity contribution < 1.29 is 9.53 Å². The maximum absolute atomic E-state index is 12.9. The van der Waals surface area contributed by atoms with Crippen LogP contribution in [0, 0.1) is 0 Å². The van der Waals surface area contributed by atoms with Gasteiger partial charge in [0.2, 0.25) is 0 Å². The number of aryl methyl sites for hydroxylation is 1. The second-order valence-corrected chi connectivity index (χ2v) is 7.75. The molecule has 0 bridgehead atoms. The van der Waals surface area contributed by atoms with Gasteiger partial charge >= 0.3 is 0 Å². The summed E-state index contributed by atoms with van der Waals surface area (Å²) in [5.74, 6) is 0.460. The van der Waals surface area contributed by atoms with Gasteiger partial charge in [-0.25, -0.2) is 0 Å². The summed E-state index contributed by atoms with van der Waals surface area (Å²) in [5.41, 5.74) is 3.04. The summed E-state index contributed by atoms with van der Waals surface area (Å²) in [5, 5.41) is 4.84. The summed E-state index contributed by atoms with van der Waals surface area (Å²) < 4.78 is 7.08. The predicted octanol–water partition coefficient (Wildman–Crippen LogP) is 2.15. The van der Waals surface area contributed by atoms with Crippen LogP contribution in [0.2, 0.25) is 0 Å². The molecule has 2 aromatic rings. The van der Waals surface area contributed by atoms with Crippen molar-refractivity contribution in [1.82, 2.24) is 24.6 Å². The predicted molar refractivity (Wildman–Crippen MR) is 106 cm³/mol. The topological polar surface area (TPSA) is 63.5 Å². The number of hydrogen-bond acceptors (Lipinski definition) is 5. The molecule has 7 nitrogen and oxygen atoms in total. The molecule has 2 aliphatic heterocycles. The second-order valence-electron chi connectivity index (χ2n) is 7.75. The van der Waals surface area contributed by atoms with Gasteiger partial charge in [0, 0.05) is 58.1 Å². The summed E-state index contributed by atoms with van der Waals surface area (Å²) in [6, 6.07) is 6.15. The number of aromatic nitrogens is 3. The number of fused-ring (bicyclic) bond motifs is 1. The minimum atomic E-state index is 0.0799. The van der Waals surface area contributed by atoms with Crippen molar-refractivity contribution in [2.24, 2.45) is 0 Å². The summed E-state index contributed by atoms with van der Waals surface area (Å²) in [6.07, 6.45) is 6.97. The minimum absolute atomic E-state index is 0.0799. The zero-order chi connectivity index (χ0) is 19.3. The first-order valence-corrected chi connectivity index (χ1v) is 10.2. The lowest BCUT2D eigenvalue weighted by Gasteiger charge is -2.31. The van der Waals surface area contributed by atoms with Crippen molar-refractivity contribution in [3.05, 3.63) is 47.5 Å². The molecule has 4 rings (SSSR count). The van der Waals surface area contributed by atoms with Crippen molar-refractivity contribution in [3.63, 3.8) is 0 Å². The molecule has 1 amide bonds. The number of nitrogens with zero attached hydrogens (tertiary/aromatic N) is 5.